The summed E-state index contributed by atoms with van der Waals surface area (Å²) in [6, 6.07) is 12.5. The van der Waals surface area contributed by atoms with Crippen molar-refractivity contribution < 1.29 is 27.4 Å². The summed E-state index contributed by atoms with van der Waals surface area (Å²) in [5.41, 5.74) is 1.20. The van der Waals surface area contributed by atoms with E-state index in [4.69, 9.17) is 37.4 Å². The van der Waals surface area contributed by atoms with Gasteiger partial charge in [0.2, 0.25) is 10.0 Å². The van der Waals surface area contributed by atoms with Crippen molar-refractivity contribution in [3.63, 3.8) is 0 Å². The Balaban J connectivity index is 1.45. The summed E-state index contributed by atoms with van der Waals surface area (Å²) < 4.78 is 45.6. The molecule has 1 aliphatic heterocycles. The predicted molar refractivity (Wildman–Crippen MR) is 151 cm³/mol. The fourth-order valence-corrected chi connectivity index (χ4v) is 6.94. The van der Waals surface area contributed by atoms with E-state index in [2.05, 4.69) is 4.98 Å². The minimum Gasteiger partial charge on any atom is -0.493 e. The highest BCUT2D eigenvalue weighted by Gasteiger charge is 2.41. The first-order chi connectivity index (χ1) is 19.3. The average molecular weight is 606 g/mol. The quantitative estimate of drug-likeness (QED) is 0.253. The van der Waals surface area contributed by atoms with Crippen LogP contribution in [0.3, 0.4) is 0 Å². The Morgan fingerprint density at radius 3 is 2.45 bits per heavy atom. The van der Waals surface area contributed by atoms with Gasteiger partial charge in [0.1, 0.15) is 12.1 Å². The van der Waals surface area contributed by atoms with Crippen molar-refractivity contribution in [2.24, 2.45) is 5.92 Å². The number of pyridine rings is 1. The molecule has 2 aliphatic rings. The Labute approximate surface area is 244 Å². The molecule has 0 bridgehead atoms. The Hall–Kier alpha value is -2.85. The third-order valence-electron chi connectivity index (χ3n) is 7.16. The summed E-state index contributed by atoms with van der Waals surface area (Å²) in [6.45, 7) is 0.798. The van der Waals surface area contributed by atoms with Gasteiger partial charge < -0.3 is 14.2 Å². The lowest BCUT2D eigenvalue weighted by Gasteiger charge is -2.26. The Morgan fingerprint density at radius 1 is 1.05 bits per heavy atom. The summed E-state index contributed by atoms with van der Waals surface area (Å²) in [5.74, 6) is 0.982. The van der Waals surface area contributed by atoms with Gasteiger partial charge in [-0.1, -0.05) is 47.5 Å². The molecule has 2 atom stereocenters. The number of sulfonamides is 1. The lowest BCUT2D eigenvalue weighted by atomic mass is 10.0. The van der Waals surface area contributed by atoms with Crippen LogP contribution in [0.2, 0.25) is 10.0 Å². The molecule has 1 saturated carbocycles. The second-order valence-corrected chi connectivity index (χ2v) is 12.7. The lowest BCUT2D eigenvalue weighted by molar-refractivity contribution is -0.153. The molecule has 0 amide bonds. The van der Waals surface area contributed by atoms with Crippen LogP contribution in [0, 0.1) is 5.92 Å². The SMILES string of the molecule is COc1ccc(C(Cc2c(Cl)cncc2Cl)OC(=O)[C@@H]2CCCN2S(=O)(=O)c2ccccc2)cc1OCC1CC1. The zero-order valence-electron chi connectivity index (χ0n) is 22.0. The van der Waals surface area contributed by atoms with Crippen molar-refractivity contribution >= 4 is 39.2 Å². The highest BCUT2D eigenvalue weighted by atomic mass is 35.5. The summed E-state index contributed by atoms with van der Waals surface area (Å²) in [6.07, 6.45) is 5.43. The van der Waals surface area contributed by atoms with Crippen LogP contribution in [0.4, 0.5) is 0 Å². The molecule has 1 saturated heterocycles. The molecule has 5 rings (SSSR count). The molecule has 1 aromatic heterocycles. The summed E-state index contributed by atoms with van der Waals surface area (Å²) in [7, 11) is -2.32. The van der Waals surface area contributed by atoms with E-state index in [1.54, 1.807) is 43.5 Å². The maximum Gasteiger partial charge on any atom is 0.325 e. The molecule has 11 heteroatoms. The van der Waals surface area contributed by atoms with Crippen molar-refractivity contribution in [2.45, 2.75) is 49.1 Å². The number of halogens is 2. The van der Waals surface area contributed by atoms with Crippen LogP contribution in [0.15, 0.2) is 65.8 Å². The number of aromatic nitrogens is 1. The first kappa shape index (κ1) is 28.7. The summed E-state index contributed by atoms with van der Waals surface area (Å²) >= 11 is 12.9. The molecule has 40 heavy (non-hydrogen) atoms. The van der Waals surface area contributed by atoms with Crippen molar-refractivity contribution in [1.29, 1.82) is 0 Å². The maximum absolute atomic E-state index is 13.6. The van der Waals surface area contributed by atoms with Gasteiger partial charge in [0.25, 0.3) is 0 Å². The van der Waals surface area contributed by atoms with Gasteiger partial charge in [-0.3, -0.25) is 9.78 Å². The smallest absolute Gasteiger partial charge is 0.325 e. The molecule has 0 radical (unpaired) electrons. The van der Waals surface area contributed by atoms with Crippen LogP contribution < -0.4 is 9.47 Å². The van der Waals surface area contributed by atoms with Crippen LogP contribution >= 0.6 is 23.2 Å². The van der Waals surface area contributed by atoms with Gasteiger partial charge in [-0.25, -0.2) is 8.42 Å². The highest BCUT2D eigenvalue weighted by Crippen LogP contribution is 2.38. The van der Waals surface area contributed by atoms with Crippen LogP contribution in [-0.2, 0) is 26.0 Å². The highest BCUT2D eigenvalue weighted by molar-refractivity contribution is 7.89. The number of hydrogen-bond acceptors (Lipinski definition) is 7. The van der Waals surface area contributed by atoms with Gasteiger partial charge in [0.15, 0.2) is 11.5 Å². The van der Waals surface area contributed by atoms with E-state index in [-0.39, 0.29) is 17.9 Å². The molecule has 212 valence electrons. The Bertz CT molecular complexity index is 1450. The number of benzene rings is 2. The number of ether oxygens (including phenoxy) is 3. The largest absolute Gasteiger partial charge is 0.493 e. The van der Waals surface area contributed by atoms with Crippen LogP contribution in [0.5, 0.6) is 11.5 Å². The number of nitrogens with zero attached hydrogens (tertiary/aromatic N) is 2. The predicted octanol–water partition coefficient (Wildman–Crippen LogP) is 5.87. The molecule has 0 N–H and O–H groups in total. The first-order valence-electron chi connectivity index (χ1n) is 13.1. The number of esters is 1. The van der Waals surface area contributed by atoms with Crippen LogP contribution in [0.25, 0.3) is 0 Å². The van der Waals surface area contributed by atoms with E-state index in [0.717, 1.165) is 12.8 Å². The van der Waals surface area contributed by atoms with Crippen molar-refractivity contribution in [1.82, 2.24) is 9.29 Å². The monoisotopic (exact) mass is 604 g/mol. The number of carbonyl (C=O) groups excluding carboxylic acids is 1. The third-order valence-corrected chi connectivity index (χ3v) is 9.73. The van der Waals surface area contributed by atoms with Gasteiger partial charge in [-0.05, 0) is 67.0 Å². The number of rotatable bonds is 11. The first-order valence-corrected chi connectivity index (χ1v) is 15.3. The van der Waals surface area contributed by atoms with E-state index < -0.39 is 28.1 Å². The van der Waals surface area contributed by atoms with Gasteiger partial charge in [0, 0.05) is 25.4 Å². The summed E-state index contributed by atoms with van der Waals surface area (Å²) in [5, 5.41) is 0.669. The van der Waals surface area contributed by atoms with E-state index >= 15 is 0 Å². The molecular formula is C29H30Cl2N2O6S. The van der Waals surface area contributed by atoms with E-state index in [1.165, 1.54) is 28.8 Å². The molecular weight excluding hydrogens is 575 g/mol. The molecule has 2 aromatic carbocycles. The minimum atomic E-state index is -3.89. The molecule has 3 aromatic rings. The molecule has 2 fully saturated rings. The van der Waals surface area contributed by atoms with Gasteiger partial charge in [-0.15, -0.1) is 0 Å². The lowest BCUT2D eigenvalue weighted by Crippen LogP contribution is -2.41. The standard InChI is InChI=1S/C29H30Cl2N2O6S/c1-37-26-12-11-20(14-28(26)38-18-19-9-10-19)27(15-22-23(30)16-32-17-24(22)31)39-29(34)25-8-5-13-33(25)40(35,36)21-6-3-2-4-7-21/h2-4,6-7,11-12,14,16-17,19,25,27H,5,8-10,13,15,18H2,1H3/t25-,27?/m0/s1. The molecule has 2 heterocycles. The number of methoxy groups -OCH3 is 1. The Kier molecular flexibility index (Phi) is 8.85. The van der Waals surface area contributed by atoms with Crippen molar-refractivity contribution in [2.75, 3.05) is 20.3 Å². The normalized spacial score (nSPS) is 18.3. The average Bonchev–Trinajstić information content (AvgIpc) is 3.65. The Morgan fingerprint density at radius 2 is 1.77 bits per heavy atom. The van der Waals surface area contributed by atoms with E-state index in [0.29, 0.717) is 58.0 Å². The van der Waals surface area contributed by atoms with E-state index in [1.807, 2.05) is 0 Å². The maximum atomic E-state index is 13.6. The second-order valence-electron chi connectivity index (χ2n) is 9.96. The fraction of sp³-hybridized carbons (Fsp3) is 0.379. The molecule has 8 nitrogen and oxygen atoms in total. The zero-order valence-corrected chi connectivity index (χ0v) is 24.3. The number of carbonyl (C=O) groups is 1. The van der Waals surface area contributed by atoms with Gasteiger partial charge in [0.05, 0.1) is 28.7 Å². The third kappa shape index (κ3) is 6.38. The molecule has 0 spiro atoms. The van der Waals surface area contributed by atoms with Crippen LogP contribution in [0.1, 0.15) is 42.9 Å². The zero-order chi connectivity index (χ0) is 28.3. The van der Waals surface area contributed by atoms with Gasteiger partial charge >= 0.3 is 5.97 Å². The number of hydrogen-bond donors (Lipinski definition) is 0. The topological polar surface area (TPSA) is 95.0 Å². The van der Waals surface area contributed by atoms with Gasteiger partial charge in [-0.2, -0.15) is 4.31 Å². The van der Waals surface area contributed by atoms with E-state index in [9.17, 15) is 13.2 Å². The van der Waals surface area contributed by atoms with Crippen molar-refractivity contribution in [3.05, 3.63) is 82.1 Å². The van der Waals surface area contributed by atoms with Crippen molar-refractivity contribution in [3.8, 4) is 11.5 Å². The molecule has 1 unspecified atom stereocenters. The summed E-state index contributed by atoms with van der Waals surface area (Å²) in [4.78, 5) is 17.8. The molecule has 1 aliphatic carbocycles. The minimum absolute atomic E-state index is 0.134. The van der Waals surface area contributed by atoms with Crippen LogP contribution in [-0.4, -0.2) is 50.0 Å². The second kappa shape index (κ2) is 12.3. The fourth-order valence-electron chi connectivity index (χ4n) is 4.75.